The van der Waals surface area contributed by atoms with Gasteiger partial charge in [-0.1, -0.05) is 35.3 Å². The number of thiocarbonyl (C=S) groups is 1. The summed E-state index contributed by atoms with van der Waals surface area (Å²) >= 11 is 19.1. The van der Waals surface area contributed by atoms with Crippen molar-refractivity contribution in [3.05, 3.63) is 64.0 Å². The molecule has 144 valence electrons. The summed E-state index contributed by atoms with van der Waals surface area (Å²) in [6.07, 6.45) is 0. The molecule has 0 radical (unpaired) electrons. The molecule has 1 aliphatic rings. The summed E-state index contributed by atoms with van der Waals surface area (Å²) in [5.41, 5.74) is 3.02. The van der Waals surface area contributed by atoms with Crippen LogP contribution in [0.4, 0.5) is 10.8 Å². The maximum atomic E-state index is 5.97. The van der Waals surface area contributed by atoms with Gasteiger partial charge in [0, 0.05) is 52.9 Å². The van der Waals surface area contributed by atoms with Crippen LogP contribution in [0.5, 0.6) is 0 Å². The Balaban J connectivity index is 1.34. The number of thiazole rings is 1. The zero-order valence-corrected chi connectivity index (χ0v) is 18.1. The first-order valence-electron chi connectivity index (χ1n) is 8.86. The average molecular weight is 449 g/mol. The van der Waals surface area contributed by atoms with E-state index in [2.05, 4.69) is 20.5 Å². The first-order valence-corrected chi connectivity index (χ1v) is 10.9. The molecular weight excluding hydrogens is 431 g/mol. The van der Waals surface area contributed by atoms with Crippen LogP contribution < -0.4 is 10.2 Å². The van der Waals surface area contributed by atoms with Gasteiger partial charge in [0.15, 0.2) is 10.2 Å². The van der Waals surface area contributed by atoms with Gasteiger partial charge in [-0.15, -0.1) is 11.3 Å². The van der Waals surface area contributed by atoms with Gasteiger partial charge in [0.25, 0.3) is 0 Å². The number of rotatable bonds is 3. The van der Waals surface area contributed by atoms with Crippen molar-refractivity contribution in [3.8, 4) is 11.3 Å². The molecule has 8 heteroatoms. The van der Waals surface area contributed by atoms with Crippen LogP contribution in [0.25, 0.3) is 11.3 Å². The van der Waals surface area contributed by atoms with E-state index in [9.17, 15) is 0 Å². The summed E-state index contributed by atoms with van der Waals surface area (Å²) < 4.78 is 0. The van der Waals surface area contributed by atoms with Crippen LogP contribution in [0.3, 0.4) is 0 Å². The van der Waals surface area contributed by atoms with Crippen molar-refractivity contribution in [2.24, 2.45) is 0 Å². The SMILES string of the molecule is S=C(Nc1ccc(Cl)cc1)N1CCN(c2nc(-c3ccc(Cl)cc3)cs2)CC1. The Morgan fingerprint density at radius 3 is 2.18 bits per heavy atom. The van der Waals surface area contributed by atoms with E-state index in [4.69, 9.17) is 40.4 Å². The van der Waals surface area contributed by atoms with Gasteiger partial charge in [-0.3, -0.25) is 0 Å². The van der Waals surface area contributed by atoms with E-state index in [0.717, 1.165) is 58.4 Å². The van der Waals surface area contributed by atoms with Gasteiger partial charge in [-0.25, -0.2) is 4.98 Å². The van der Waals surface area contributed by atoms with Crippen molar-refractivity contribution in [2.45, 2.75) is 0 Å². The largest absolute Gasteiger partial charge is 0.345 e. The topological polar surface area (TPSA) is 31.4 Å². The second-order valence-corrected chi connectivity index (χ2v) is 8.53. The van der Waals surface area contributed by atoms with E-state index < -0.39 is 0 Å². The first kappa shape index (κ1) is 19.5. The van der Waals surface area contributed by atoms with E-state index in [1.54, 1.807) is 11.3 Å². The monoisotopic (exact) mass is 448 g/mol. The van der Waals surface area contributed by atoms with Crippen molar-refractivity contribution in [1.29, 1.82) is 0 Å². The normalized spacial score (nSPS) is 14.2. The van der Waals surface area contributed by atoms with E-state index in [1.165, 1.54) is 0 Å². The van der Waals surface area contributed by atoms with Gasteiger partial charge in [0.1, 0.15) is 0 Å². The van der Waals surface area contributed by atoms with Crippen LogP contribution in [0, 0.1) is 0 Å². The fourth-order valence-electron chi connectivity index (χ4n) is 3.00. The lowest BCUT2D eigenvalue weighted by Crippen LogP contribution is -2.50. The van der Waals surface area contributed by atoms with Gasteiger partial charge in [0.05, 0.1) is 5.69 Å². The molecule has 1 fully saturated rings. The lowest BCUT2D eigenvalue weighted by atomic mass is 10.2. The second-order valence-electron chi connectivity index (χ2n) is 6.43. The van der Waals surface area contributed by atoms with E-state index in [0.29, 0.717) is 5.02 Å². The molecule has 1 aromatic heterocycles. The zero-order chi connectivity index (χ0) is 19.5. The molecule has 4 nitrogen and oxygen atoms in total. The number of aromatic nitrogens is 1. The van der Waals surface area contributed by atoms with E-state index in [-0.39, 0.29) is 0 Å². The van der Waals surface area contributed by atoms with Gasteiger partial charge in [0.2, 0.25) is 0 Å². The lowest BCUT2D eigenvalue weighted by Gasteiger charge is -2.36. The molecule has 0 aliphatic carbocycles. The molecule has 4 rings (SSSR count). The molecule has 0 amide bonds. The van der Waals surface area contributed by atoms with Crippen LogP contribution in [0.15, 0.2) is 53.9 Å². The van der Waals surface area contributed by atoms with Crippen molar-refractivity contribution in [3.63, 3.8) is 0 Å². The maximum absolute atomic E-state index is 5.97. The van der Waals surface area contributed by atoms with Gasteiger partial charge in [-0.05, 0) is 48.6 Å². The molecule has 0 atom stereocenters. The molecule has 28 heavy (non-hydrogen) atoms. The van der Waals surface area contributed by atoms with Crippen molar-refractivity contribution in [2.75, 3.05) is 36.4 Å². The lowest BCUT2D eigenvalue weighted by molar-refractivity contribution is 0.390. The zero-order valence-electron chi connectivity index (χ0n) is 14.9. The third kappa shape index (κ3) is 4.58. The Labute approximate surface area is 183 Å². The van der Waals surface area contributed by atoms with E-state index >= 15 is 0 Å². The molecule has 0 unspecified atom stereocenters. The third-order valence-corrected chi connectivity index (χ3v) is 6.33. The maximum Gasteiger partial charge on any atom is 0.185 e. The number of piperazine rings is 1. The highest BCUT2D eigenvalue weighted by Gasteiger charge is 2.21. The molecule has 1 N–H and O–H groups in total. The fraction of sp³-hybridized carbons (Fsp3) is 0.200. The Kier molecular flexibility index (Phi) is 6.01. The fourth-order valence-corrected chi connectivity index (χ4v) is 4.44. The molecule has 0 saturated carbocycles. The minimum absolute atomic E-state index is 0.714. The van der Waals surface area contributed by atoms with Crippen molar-refractivity contribution < 1.29 is 0 Å². The van der Waals surface area contributed by atoms with Crippen molar-refractivity contribution >= 4 is 62.7 Å². The van der Waals surface area contributed by atoms with Gasteiger partial charge in [-0.2, -0.15) is 0 Å². The van der Waals surface area contributed by atoms with Gasteiger partial charge < -0.3 is 15.1 Å². The molecule has 0 bridgehead atoms. The van der Waals surface area contributed by atoms with E-state index in [1.807, 2.05) is 48.5 Å². The number of halogens is 2. The summed E-state index contributed by atoms with van der Waals surface area (Å²) in [5.74, 6) is 0. The minimum atomic E-state index is 0.714. The highest BCUT2D eigenvalue weighted by molar-refractivity contribution is 7.80. The quantitative estimate of drug-likeness (QED) is 0.524. The average Bonchev–Trinajstić information content (AvgIpc) is 3.20. The third-order valence-electron chi connectivity index (χ3n) is 4.56. The van der Waals surface area contributed by atoms with Crippen LogP contribution in [0.2, 0.25) is 10.0 Å². The number of hydrogen-bond acceptors (Lipinski definition) is 4. The van der Waals surface area contributed by atoms with Crippen molar-refractivity contribution in [1.82, 2.24) is 9.88 Å². The molecule has 2 heterocycles. The van der Waals surface area contributed by atoms with Crippen LogP contribution in [-0.4, -0.2) is 41.2 Å². The highest BCUT2D eigenvalue weighted by atomic mass is 35.5. The van der Waals surface area contributed by atoms with Crippen LogP contribution in [0.1, 0.15) is 0 Å². The second kappa shape index (κ2) is 8.66. The summed E-state index contributed by atoms with van der Waals surface area (Å²) in [7, 11) is 0. The van der Waals surface area contributed by atoms with Crippen LogP contribution >= 0.6 is 46.8 Å². The Morgan fingerprint density at radius 1 is 0.929 bits per heavy atom. The smallest absolute Gasteiger partial charge is 0.185 e. The number of nitrogens with one attached hydrogen (secondary N) is 1. The molecule has 2 aromatic carbocycles. The Hall–Kier alpha value is -1.86. The highest BCUT2D eigenvalue weighted by Crippen LogP contribution is 2.29. The Morgan fingerprint density at radius 2 is 1.54 bits per heavy atom. The molecule has 1 aliphatic heterocycles. The van der Waals surface area contributed by atoms with Gasteiger partial charge >= 0.3 is 0 Å². The minimum Gasteiger partial charge on any atom is -0.345 e. The predicted octanol–water partition coefficient (Wildman–Crippen LogP) is 5.64. The number of anilines is 2. The summed E-state index contributed by atoms with van der Waals surface area (Å²) in [5, 5.41) is 8.61. The molecule has 3 aromatic rings. The summed E-state index contributed by atoms with van der Waals surface area (Å²) in [4.78, 5) is 9.30. The van der Waals surface area contributed by atoms with Crippen LogP contribution in [-0.2, 0) is 0 Å². The summed E-state index contributed by atoms with van der Waals surface area (Å²) in [6, 6.07) is 15.3. The number of nitrogens with zero attached hydrogens (tertiary/aromatic N) is 3. The molecular formula is C20H18Cl2N4S2. The standard InChI is InChI=1S/C20H18Cl2N4S2/c21-15-3-1-14(2-4-15)18-13-28-20(24-18)26-11-9-25(10-12-26)19(27)23-17-7-5-16(22)6-8-17/h1-8,13H,9-12H2,(H,23,27). The number of hydrogen-bond donors (Lipinski definition) is 1. The Bertz CT molecular complexity index is 949. The summed E-state index contributed by atoms with van der Waals surface area (Å²) in [6.45, 7) is 3.48. The first-order chi connectivity index (χ1) is 13.6. The molecule has 1 saturated heterocycles. The number of benzene rings is 2. The predicted molar refractivity (Wildman–Crippen MR) is 124 cm³/mol. The molecule has 0 spiro atoms.